The highest BCUT2D eigenvalue weighted by Gasteiger charge is 2.27. The predicted octanol–water partition coefficient (Wildman–Crippen LogP) is 3.22. The number of aromatic nitrogens is 3. The SMILES string of the molecule is Cc1c(C(=O)N(Cc2cccc(Cl)c2)C(C)C)nnn1C1CCNCC1. The van der Waals surface area contributed by atoms with E-state index < -0.39 is 0 Å². The maximum absolute atomic E-state index is 13.2. The minimum absolute atomic E-state index is 0.0462. The predicted molar refractivity (Wildman–Crippen MR) is 102 cm³/mol. The van der Waals surface area contributed by atoms with Crippen LogP contribution in [0.1, 0.15) is 54.5 Å². The van der Waals surface area contributed by atoms with Crippen LogP contribution in [-0.4, -0.2) is 44.9 Å². The number of halogens is 1. The van der Waals surface area contributed by atoms with Gasteiger partial charge in [-0.25, -0.2) is 4.68 Å². The molecule has 2 heterocycles. The van der Waals surface area contributed by atoms with E-state index in [-0.39, 0.29) is 11.9 Å². The number of piperidine rings is 1. The molecule has 0 radical (unpaired) electrons. The van der Waals surface area contributed by atoms with E-state index in [1.807, 2.05) is 54.6 Å². The van der Waals surface area contributed by atoms with Gasteiger partial charge in [0.15, 0.2) is 5.69 Å². The topological polar surface area (TPSA) is 63.1 Å². The third-order valence-electron chi connectivity index (χ3n) is 4.91. The third-order valence-corrected chi connectivity index (χ3v) is 5.15. The Morgan fingerprint density at radius 1 is 1.38 bits per heavy atom. The zero-order valence-corrected chi connectivity index (χ0v) is 16.3. The van der Waals surface area contributed by atoms with Crippen molar-refractivity contribution in [3.63, 3.8) is 0 Å². The molecule has 1 aliphatic rings. The summed E-state index contributed by atoms with van der Waals surface area (Å²) in [7, 11) is 0. The molecule has 140 valence electrons. The minimum atomic E-state index is -0.0855. The summed E-state index contributed by atoms with van der Waals surface area (Å²) in [4.78, 5) is 15.0. The van der Waals surface area contributed by atoms with Gasteiger partial charge in [0, 0.05) is 17.6 Å². The second-order valence-electron chi connectivity index (χ2n) is 7.11. The molecule has 1 aliphatic heterocycles. The van der Waals surface area contributed by atoms with Crippen molar-refractivity contribution in [1.82, 2.24) is 25.2 Å². The van der Waals surface area contributed by atoms with Gasteiger partial charge in [-0.1, -0.05) is 28.9 Å². The molecule has 0 spiro atoms. The van der Waals surface area contributed by atoms with E-state index in [1.165, 1.54) is 0 Å². The first-order valence-corrected chi connectivity index (χ1v) is 9.53. The van der Waals surface area contributed by atoms with Gasteiger partial charge >= 0.3 is 0 Å². The Morgan fingerprint density at radius 3 is 2.77 bits per heavy atom. The zero-order chi connectivity index (χ0) is 18.7. The summed E-state index contributed by atoms with van der Waals surface area (Å²) in [5, 5.41) is 12.5. The molecule has 0 bridgehead atoms. The maximum atomic E-state index is 13.2. The third kappa shape index (κ3) is 4.07. The molecule has 1 N–H and O–H groups in total. The van der Waals surface area contributed by atoms with Crippen molar-refractivity contribution >= 4 is 17.5 Å². The number of rotatable bonds is 5. The van der Waals surface area contributed by atoms with Crippen LogP contribution in [-0.2, 0) is 6.54 Å². The van der Waals surface area contributed by atoms with Crippen LogP contribution < -0.4 is 5.32 Å². The fourth-order valence-electron chi connectivity index (χ4n) is 3.39. The zero-order valence-electron chi connectivity index (χ0n) is 15.6. The summed E-state index contributed by atoms with van der Waals surface area (Å²) < 4.78 is 1.92. The van der Waals surface area contributed by atoms with E-state index in [4.69, 9.17) is 11.6 Å². The summed E-state index contributed by atoms with van der Waals surface area (Å²) in [5.41, 5.74) is 2.29. The molecule has 3 rings (SSSR count). The molecule has 0 atom stereocenters. The summed E-state index contributed by atoms with van der Waals surface area (Å²) in [6.07, 6.45) is 2.02. The van der Waals surface area contributed by atoms with Crippen LogP contribution in [0.25, 0.3) is 0 Å². The molecular formula is C19H26ClN5O. The van der Waals surface area contributed by atoms with Gasteiger partial charge in [-0.15, -0.1) is 5.10 Å². The summed E-state index contributed by atoms with van der Waals surface area (Å²) in [6, 6.07) is 7.97. The number of carbonyl (C=O) groups is 1. The first kappa shape index (κ1) is 18.9. The number of benzene rings is 1. The Morgan fingerprint density at radius 2 is 2.12 bits per heavy atom. The molecule has 1 aromatic heterocycles. The molecule has 0 saturated carbocycles. The number of carbonyl (C=O) groups excluding carboxylic acids is 1. The van der Waals surface area contributed by atoms with Crippen LogP contribution in [0.2, 0.25) is 5.02 Å². The Labute approximate surface area is 159 Å². The van der Waals surface area contributed by atoms with Crippen molar-refractivity contribution in [2.24, 2.45) is 0 Å². The average molecular weight is 376 g/mol. The Hall–Kier alpha value is -1.92. The van der Waals surface area contributed by atoms with Gasteiger partial charge in [-0.05, 0) is 64.4 Å². The number of amides is 1. The molecule has 0 unspecified atom stereocenters. The van der Waals surface area contributed by atoms with Crippen LogP contribution in [0.15, 0.2) is 24.3 Å². The lowest BCUT2D eigenvalue weighted by Crippen LogP contribution is -2.37. The minimum Gasteiger partial charge on any atom is -0.330 e. The first-order chi connectivity index (χ1) is 12.5. The maximum Gasteiger partial charge on any atom is 0.276 e. The lowest BCUT2D eigenvalue weighted by Gasteiger charge is -2.27. The van der Waals surface area contributed by atoms with Crippen LogP contribution in [0, 0.1) is 6.92 Å². The molecule has 0 aliphatic carbocycles. The first-order valence-electron chi connectivity index (χ1n) is 9.15. The van der Waals surface area contributed by atoms with Crippen LogP contribution in [0.4, 0.5) is 0 Å². The van der Waals surface area contributed by atoms with Crippen molar-refractivity contribution in [2.75, 3.05) is 13.1 Å². The highest BCUT2D eigenvalue weighted by molar-refractivity contribution is 6.30. The summed E-state index contributed by atoms with van der Waals surface area (Å²) in [6.45, 7) is 8.40. The van der Waals surface area contributed by atoms with Gasteiger partial charge in [-0.3, -0.25) is 4.79 Å². The van der Waals surface area contributed by atoms with Gasteiger partial charge in [0.1, 0.15) is 0 Å². The van der Waals surface area contributed by atoms with Crippen LogP contribution in [0.3, 0.4) is 0 Å². The van der Waals surface area contributed by atoms with Crippen LogP contribution in [0.5, 0.6) is 0 Å². The standard InChI is InChI=1S/C19H26ClN5O/c1-13(2)24(12-15-5-4-6-16(20)11-15)19(26)18-14(3)25(23-22-18)17-7-9-21-10-8-17/h4-6,11,13,17,21H,7-10,12H2,1-3H3. The number of hydrogen-bond acceptors (Lipinski definition) is 4. The molecule has 1 aromatic carbocycles. The second kappa shape index (κ2) is 8.18. The molecule has 2 aromatic rings. The number of hydrogen-bond donors (Lipinski definition) is 1. The monoisotopic (exact) mass is 375 g/mol. The van der Waals surface area contributed by atoms with Crippen molar-refractivity contribution in [3.8, 4) is 0 Å². The van der Waals surface area contributed by atoms with E-state index >= 15 is 0 Å². The molecule has 1 amide bonds. The largest absolute Gasteiger partial charge is 0.330 e. The normalized spacial score (nSPS) is 15.4. The van der Waals surface area contributed by atoms with E-state index in [0.717, 1.165) is 37.2 Å². The van der Waals surface area contributed by atoms with Gasteiger partial charge < -0.3 is 10.2 Å². The Kier molecular flexibility index (Phi) is 5.94. The number of nitrogens with one attached hydrogen (secondary N) is 1. The van der Waals surface area contributed by atoms with E-state index in [0.29, 0.717) is 23.3 Å². The number of nitrogens with zero attached hydrogens (tertiary/aromatic N) is 4. The van der Waals surface area contributed by atoms with Gasteiger partial charge in [-0.2, -0.15) is 0 Å². The highest BCUT2D eigenvalue weighted by Crippen LogP contribution is 2.22. The molecule has 1 saturated heterocycles. The summed E-state index contributed by atoms with van der Waals surface area (Å²) >= 11 is 6.08. The van der Waals surface area contributed by atoms with Gasteiger partial charge in [0.2, 0.25) is 0 Å². The average Bonchev–Trinajstić information content (AvgIpc) is 3.01. The lowest BCUT2D eigenvalue weighted by molar-refractivity contribution is 0.0683. The smallest absolute Gasteiger partial charge is 0.276 e. The van der Waals surface area contributed by atoms with Crippen molar-refractivity contribution in [2.45, 2.75) is 52.2 Å². The van der Waals surface area contributed by atoms with Crippen molar-refractivity contribution < 1.29 is 4.79 Å². The molecule has 26 heavy (non-hydrogen) atoms. The van der Waals surface area contributed by atoms with E-state index in [1.54, 1.807) is 0 Å². The van der Waals surface area contributed by atoms with E-state index in [2.05, 4.69) is 15.6 Å². The van der Waals surface area contributed by atoms with Crippen molar-refractivity contribution in [3.05, 3.63) is 46.2 Å². The second-order valence-corrected chi connectivity index (χ2v) is 7.54. The van der Waals surface area contributed by atoms with Crippen LogP contribution >= 0.6 is 11.6 Å². The summed E-state index contributed by atoms with van der Waals surface area (Å²) in [5.74, 6) is -0.0855. The Bertz CT molecular complexity index is 767. The van der Waals surface area contributed by atoms with E-state index in [9.17, 15) is 4.79 Å². The quantitative estimate of drug-likeness (QED) is 0.871. The lowest BCUT2D eigenvalue weighted by atomic mass is 10.1. The fraction of sp³-hybridized carbons (Fsp3) is 0.526. The molecule has 1 fully saturated rings. The molecular weight excluding hydrogens is 350 g/mol. The fourth-order valence-corrected chi connectivity index (χ4v) is 3.61. The Balaban J connectivity index is 1.82. The van der Waals surface area contributed by atoms with Crippen molar-refractivity contribution in [1.29, 1.82) is 0 Å². The molecule has 6 nitrogen and oxygen atoms in total. The highest BCUT2D eigenvalue weighted by atomic mass is 35.5. The molecule has 7 heteroatoms. The van der Waals surface area contributed by atoms with Gasteiger partial charge in [0.05, 0.1) is 11.7 Å². The van der Waals surface area contributed by atoms with Gasteiger partial charge in [0.25, 0.3) is 5.91 Å².